The zero-order chi connectivity index (χ0) is 28.4. The van der Waals surface area contributed by atoms with Crippen LogP contribution in [0.2, 0.25) is 18.6 Å². The molecule has 0 heterocycles. The lowest BCUT2D eigenvalue weighted by Crippen LogP contribution is -2.67. The molecule has 0 N–H and O–H groups in total. The number of allylic oxidation sites excluding steroid dienone is 4. The van der Waals surface area contributed by atoms with Crippen molar-refractivity contribution in [2.75, 3.05) is 0 Å². The van der Waals surface area contributed by atoms with Crippen LogP contribution in [-0.2, 0) is 16.2 Å². The molecule has 3 atom stereocenters. The third-order valence-corrected chi connectivity index (χ3v) is 16.2. The van der Waals surface area contributed by atoms with E-state index in [2.05, 4.69) is 125 Å². The van der Waals surface area contributed by atoms with E-state index in [-0.39, 0.29) is 27.3 Å². The monoisotopic (exact) mass is 531 g/mol. The quantitative estimate of drug-likeness (QED) is 0.343. The predicted molar refractivity (Wildman–Crippen MR) is 170 cm³/mol. The Balaban J connectivity index is 1.61. The maximum atomic E-state index is 2.96. The summed E-state index contributed by atoms with van der Waals surface area (Å²) >= 11 is 0. The largest absolute Gasteiger partial charge is 0.314 e. The lowest BCUT2D eigenvalue weighted by molar-refractivity contribution is 0.122. The molecule has 1 fully saturated rings. The van der Waals surface area contributed by atoms with Crippen LogP contribution in [0, 0.1) is 11.8 Å². The lowest BCUT2D eigenvalue weighted by Gasteiger charge is -2.57. The van der Waals surface area contributed by atoms with E-state index in [1.807, 2.05) is 0 Å². The Bertz CT molecular complexity index is 1190. The number of benzene rings is 1. The third kappa shape index (κ3) is 4.09. The highest BCUT2D eigenvalue weighted by molar-refractivity contribution is 6.76. The standard InChI is InChI=1S/C36H57NSi/c1-32(2,3)37(33(4,5)6)38(13,14)31-16-15-23-19-25-26-21-29-30(35(9,10)18-17-34(29,7)8)22-28(26)36(11,12)27(25)20-24(23)31/h19-24,31H,15-18H2,1-14H3. The zero-order valence-electron chi connectivity index (χ0n) is 27.3. The van der Waals surface area contributed by atoms with E-state index in [1.54, 1.807) is 33.4 Å². The Morgan fingerprint density at radius 2 is 1.26 bits per heavy atom. The van der Waals surface area contributed by atoms with Crippen LogP contribution in [0.4, 0.5) is 0 Å². The molecule has 3 unspecified atom stereocenters. The first-order valence-electron chi connectivity index (χ1n) is 15.5. The molecule has 0 spiro atoms. The Labute approximate surface area is 236 Å². The van der Waals surface area contributed by atoms with Crippen molar-refractivity contribution in [3.05, 3.63) is 52.1 Å². The van der Waals surface area contributed by atoms with Gasteiger partial charge in [0.15, 0.2) is 0 Å². The Morgan fingerprint density at radius 3 is 1.79 bits per heavy atom. The molecule has 1 saturated carbocycles. The summed E-state index contributed by atoms with van der Waals surface area (Å²) in [5.74, 6) is 1.37. The summed E-state index contributed by atoms with van der Waals surface area (Å²) in [4.78, 5) is 0. The number of hydrogen-bond acceptors (Lipinski definition) is 1. The minimum Gasteiger partial charge on any atom is -0.314 e. The number of hydrogen-bond donors (Lipinski definition) is 0. The molecule has 0 amide bonds. The molecule has 4 aliphatic carbocycles. The summed E-state index contributed by atoms with van der Waals surface area (Å²) in [6, 6.07) is 5.30. The maximum Gasteiger partial charge on any atom is 0.126 e. The van der Waals surface area contributed by atoms with Gasteiger partial charge >= 0.3 is 0 Å². The summed E-state index contributed by atoms with van der Waals surface area (Å²) < 4.78 is 2.96. The highest BCUT2D eigenvalue weighted by Crippen LogP contribution is 2.61. The molecule has 38 heavy (non-hydrogen) atoms. The van der Waals surface area contributed by atoms with E-state index >= 15 is 0 Å². The van der Waals surface area contributed by atoms with Gasteiger partial charge in [-0.1, -0.05) is 85.3 Å². The number of nitrogens with zero attached hydrogens (tertiary/aromatic N) is 1. The van der Waals surface area contributed by atoms with Crippen LogP contribution in [0.1, 0.15) is 131 Å². The Morgan fingerprint density at radius 1 is 0.737 bits per heavy atom. The molecule has 5 rings (SSSR count). The smallest absolute Gasteiger partial charge is 0.126 e. The summed E-state index contributed by atoms with van der Waals surface area (Å²) in [6.07, 6.45) is 10.8. The average molecular weight is 532 g/mol. The molecule has 0 radical (unpaired) electrons. The van der Waals surface area contributed by atoms with Gasteiger partial charge in [-0.3, -0.25) is 0 Å². The van der Waals surface area contributed by atoms with Gasteiger partial charge in [-0.15, -0.1) is 0 Å². The first-order valence-corrected chi connectivity index (χ1v) is 18.6. The molecular formula is C36H57NSi. The second-order valence-corrected chi connectivity index (χ2v) is 22.2. The van der Waals surface area contributed by atoms with E-state index in [9.17, 15) is 0 Å². The Hall–Kier alpha value is -1.12. The summed E-state index contributed by atoms with van der Waals surface area (Å²) in [6.45, 7) is 34.9. The van der Waals surface area contributed by atoms with E-state index in [0.29, 0.717) is 11.8 Å². The van der Waals surface area contributed by atoms with Crippen LogP contribution in [0.15, 0.2) is 29.9 Å². The van der Waals surface area contributed by atoms with Crippen LogP contribution in [0.3, 0.4) is 0 Å². The van der Waals surface area contributed by atoms with Gasteiger partial charge in [0.1, 0.15) is 8.24 Å². The fourth-order valence-corrected chi connectivity index (χ4v) is 16.0. The van der Waals surface area contributed by atoms with Crippen molar-refractivity contribution < 1.29 is 0 Å². The molecule has 210 valence electrons. The fraction of sp³-hybridized carbons (Fsp3) is 0.722. The summed E-state index contributed by atoms with van der Waals surface area (Å²) in [5.41, 5.74) is 11.3. The highest BCUT2D eigenvalue weighted by atomic mass is 28.3. The van der Waals surface area contributed by atoms with Crippen LogP contribution >= 0.6 is 0 Å². The Kier molecular flexibility index (Phi) is 6.14. The van der Waals surface area contributed by atoms with Gasteiger partial charge < -0.3 is 4.57 Å². The molecule has 0 aliphatic heterocycles. The first kappa shape index (κ1) is 28.4. The molecule has 0 saturated heterocycles. The van der Waals surface area contributed by atoms with Gasteiger partial charge in [0, 0.05) is 16.5 Å². The normalized spacial score (nSPS) is 29.3. The van der Waals surface area contributed by atoms with Crippen molar-refractivity contribution in [2.24, 2.45) is 11.8 Å². The van der Waals surface area contributed by atoms with E-state index in [4.69, 9.17) is 0 Å². The van der Waals surface area contributed by atoms with E-state index in [1.165, 1.54) is 25.7 Å². The van der Waals surface area contributed by atoms with E-state index < -0.39 is 8.24 Å². The van der Waals surface area contributed by atoms with Crippen LogP contribution in [0.5, 0.6) is 0 Å². The fourth-order valence-electron chi connectivity index (χ4n) is 10.1. The van der Waals surface area contributed by atoms with Crippen molar-refractivity contribution >= 4 is 13.8 Å². The number of rotatable bonds is 2. The minimum absolute atomic E-state index is 0.0748. The van der Waals surface area contributed by atoms with Crippen LogP contribution < -0.4 is 0 Å². The van der Waals surface area contributed by atoms with Gasteiger partial charge in [0.2, 0.25) is 0 Å². The van der Waals surface area contributed by atoms with E-state index in [0.717, 1.165) is 5.54 Å². The lowest BCUT2D eigenvalue weighted by atomic mass is 9.62. The second-order valence-electron chi connectivity index (χ2n) is 17.8. The summed E-state index contributed by atoms with van der Waals surface area (Å²) in [5, 5.41) is 0. The van der Waals surface area contributed by atoms with Gasteiger partial charge in [-0.25, -0.2) is 0 Å². The summed E-state index contributed by atoms with van der Waals surface area (Å²) in [7, 11) is -1.75. The predicted octanol–water partition coefficient (Wildman–Crippen LogP) is 10.2. The maximum absolute atomic E-state index is 2.96. The van der Waals surface area contributed by atoms with Crippen molar-refractivity contribution in [1.82, 2.24) is 4.57 Å². The minimum atomic E-state index is -1.75. The number of fused-ring (bicyclic) bond motifs is 5. The molecule has 4 aliphatic rings. The molecule has 0 bridgehead atoms. The zero-order valence-corrected chi connectivity index (χ0v) is 28.3. The molecular weight excluding hydrogens is 474 g/mol. The first-order chi connectivity index (χ1) is 17.1. The van der Waals surface area contributed by atoms with Crippen molar-refractivity contribution in [1.29, 1.82) is 0 Å². The topological polar surface area (TPSA) is 3.24 Å². The van der Waals surface area contributed by atoms with Gasteiger partial charge in [-0.2, -0.15) is 0 Å². The molecule has 1 aromatic carbocycles. The van der Waals surface area contributed by atoms with Crippen molar-refractivity contribution in [3.8, 4) is 0 Å². The molecule has 0 aromatic heterocycles. The second kappa shape index (κ2) is 8.22. The SMILES string of the molecule is CC1(C)CCC(C)(C)c2cc3c(cc21)C1=CC2CCC([Si](C)(C)N(C(C)(C)C)C(C)(C)C)C2C=C1C3(C)C. The van der Waals surface area contributed by atoms with Crippen molar-refractivity contribution in [3.63, 3.8) is 0 Å². The third-order valence-electron chi connectivity index (χ3n) is 11.3. The van der Waals surface area contributed by atoms with Crippen LogP contribution in [0.25, 0.3) is 5.57 Å². The van der Waals surface area contributed by atoms with Gasteiger partial charge in [0.25, 0.3) is 0 Å². The van der Waals surface area contributed by atoms with Gasteiger partial charge in [-0.05, 0) is 122 Å². The van der Waals surface area contributed by atoms with Crippen LogP contribution in [-0.4, -0.2) is 23.9 Å². The highest BCUT2D eigenvalue weighted by Gasteiger charge is 2.54. The van der Waals surface area contributed by atoms with Crippen molar-refractivity contribution in [2.45, 2.75) is 155 Å². The average Bonchev–Trinajstić information content (AvgIpc) is 3.25. The molecule has 1 aromatic rings. The molecule has 2 heteroatoms. The molecule has 1 nitrogen and oxygen atoms in total. The van der Waals surface area contributed by atoms with Gasteiger partial charge in [0.05, 0.1) is 0 Å².